The fourth-order valence-electron chi connectivity index (χ4n) is 8.16. The predicted octanol–water partition coefficient (Wildman–Crippen LogP) is 7.38. The van der Waals surface area contributed by atoms with Crippen molar-refractivity contribution < 1.29 is 0 Å². The van der Waals surface area contributed by atoms with Gasteiger partial charge in [0.2, 0.25) is 0 Å². The summed E-state index contributed by atoms with van der Waals surface area (Å²) in [5.74, 6) is 2.11. The largest absolute Gasteiger partial charge is 0.357 e. The van der Waals surface area contributed by atoms with E-state index < -0.39 is 0 Å². The van der Waals surface area contributed by atoms with E-state index in [0.717, 1.165) is 49.0 Å². The summed E-state index contributed by atoms with van der Waals surface area (Å²) >= 11 is 0. The topological polar surface area (TPSA) is 84.7 Å². The summed E-state index contributed by atoms with van der Waals surface area (Å²) in [5.41, 5.74) is 11.6. The molecule has 3 fully saturated rings. The molecule has 6 heterocycles. The maximum atomic E-state index is 4.84. The predicted molar refractivity (Wildman–Crippen MR) is 171 cm³/mol. The molecule has 2 bridgehead atoms. The van der Waals surface area contributed by atoms with E-state index >= 15 is 0 Å². The second-order valence-electron chi connectivity index (χ2n) is 12.6. The lowest BCUT2D eigenvalue weighted by Gasteiger charge is -2.25. The zero-order chi connectivity index (χ0) is 28.3. The van der Waals surface area contributed by atoms with Gasteiger partial charge in [0.1, 0.15) is 11.6 Å². The second kappa shape index (κ2) is 10.2. The van der Waals surface area contributed by atoms with E-state index in [-0.39, 0.29) is 0 Å². The minimum absolute atomic E-state index is 0.331. The quantitative estimate of drug-likeness (QED) is 0.172. The highest BCUT2D eigenvalue weighted by Gasteiger charge is 2.47. The molecule has 3 saturated heterocycles. The van der Waals surface area contributed by atoms with Crippen LogP contribution >= 0.6 is 0 Å². The lowest BCUT2D eigenvalue weighted by molar-refractivity contribution is 0.613. The Kier molecular flexibility index (Phi) is 6.01. The number of fused-ring (bicyclic) bond motifs is 5. The molecule has 7 heteroatoms. The average Bonchev–Trinajstić information content (AvgIpc) is 3.91. The molecule has 5 aromatic rings. The molecule has 0 amide bonds. The summed E-state index contributed by atoms with van der Waals surface area (Å²) in [7, 11) is 0. The van der Waals surface area contributed by atoms with Crippen LogP contribution in [0.5, 0.6) is 0 Å². The Balaban J connectivity index is 1.11. The van der Waals surface area contributed by atoms with Gasteiger partial charge in [0.25, 0.3) is 0 Å². The van der Waals surface area contributed by atoms with Gasteiger partial charge in [-0.05, 0) is 91.6 Å². The number of H-pyrrole nitrogens is 2. The summed E-state index contributed by atoms with van der Waals surface area (Å²) in [6, 6.07) is 26.1. The van der Waals surface area contributed by atoms with Crippen molar-refractivity contribution in [1.29, 1.82) is 0 Å². The van der Waals surface area contributed by atoms with Gasteiger partial charge in [0.05, 0.1) is 47.9 Å². The zero-order valence-corrected chi connectivity index (χ0v) is 24.3. The first-order valence-corrected chi connectivity index (χ1v) is 16.0. The number of imidazole rings is 2. The Morgan fingerprint density at radius 3 is 1.81 bits per heavy atom. The Hall–Kier alpha value is -4.20. The van der Waals surface area contributed by atoms with Crippen LogP contribution in [0.15, 0.2) is 79.1 Å². The molecule has 0 saturated carbocycles. The number of nitrogens with one attached hydrogen (secondary N) is 4. The Labute approximate surface area is 252 Å². The Bertz CT molecular complexity index is 1760. The molecule has 4 N–H and O–H groups in total. The lowest BCUT2D eigenvalue weighted by Crippen LogP contribution is -2.18. The fourth-order valence-corrected chi connectivity index (χ4v) is 8.16. The molecule has 216 valence electrons. The molecule has 7 nitrogen and oxygen atoms in total. The number of hydrogen-bond acceptors (Lipinski definition) is 5. The van der Waals surface area contributed by atoms with Crippen LogP contribution in [0, 0.1) is 0 Å². The molecule has 4 atom stereocenters. The monoisotopic (exact) mass is 567 g/mol. The molecule has 3 aromatic carbocycles. The van der Waals surface area contributed by atoms with E-state index in [1.807, 2.05) is 6.20 Å². The first-order chi connectivity index (χ1) is 21.3. The molecule has 43 heavy (non-hydrogen) atoms. The highest BCUT2D eigenvalue weighted by Crippen LogP contribution is 2.59. The van der Waals surface area contributed by atoms with Crippen molar-refractivity contribution in [2.24, 2.45) is 0 Å². The van der Waals surface area contributed by atoms with Gasteiger partial charge >= 0.3 is 0 Å². The van der Waals surface area contributed by atoms with Crippen molar-refractivity contribution in [2.75, 3.05) is 18.0 Å². The standard InChI is InChI=1S/C36H37N7/c1-2-6-24(7-3-1)43-31-16-17-32(43)34-26(30-21-40-36(42-30)28-9-5-19-38-28)15-14-25(33(31)34)22-10-12-23(13-11-22)29-20-39-35(41-29)27-8-4-18-37-27/h1-3,6-7,10-15,20-21,27-28,31-32,37-38H,4-5,8-9,16-19H2,(H,39,41)(H,40,42). The highest BCUT2D eigenvalue weighted by molar-refractivity contribution is 5.82. The number of para-hydroxylation sites is 1. The van der Waals surface area contributed by atoms with Gasteiger partial charge in [-0.25, -0.2) is 9.97 Å². The van der Waals surface area contributed by atoms with Gasteiger partial charge < -0.3 is 25.5 Å². The number of hydrogen-bond donors (Lipinski definition) is 4. The van der Waals surface area contributed by atoms with Crippen molar-refractivity contribution >= 4 is 5.69 Å². The van der Waals surface area contributed by atoms with Crippen molar-refractivity contribution in [2.45, 2.75) is 62.7 Å². The van der Waals surface area contributed by atoms with Crippen LogP contribution in [0.3, 0.4) is 0 Å². The lowest BCUT2D eigenvalue weighted by atomic mass is 9.82. The van der Waals surface area contributed by atoms with Crippen LogP contribution in [-0.2, 0) is 0 Å². The number of aromatic nitrogens is 4. The van der Waals surface area contributed by atoms with Gasteiger partial charge in [-0.2, -0.15) is 0 Å². The normalized spacial score (nSPS) is 24.2. The smallest absolute Gasteiger partial charge is 0.123 e. The number of benzene rings is 3. The first-order valence-electron chi connectivity index (χ1n) is 16.0. The summed E-state index contributed by atoms with van der Waals surface area (Å²) in [6.45, 7) is 2.14. The van der Waals surface area contributed by atoms with Gasteiger partial charge in [0.15, 0.2) is 0 Å². The molecule has 0 spiro atoms. The average molecular weight is 568 g/mol. The van der Waals surface area contributed by atoms with E-state index in [1.165, 1.54) is 64.8 Å². The maximum Gasteiger partial charge on any atom is 0.123 e. The van der Waals surface area contributed by atoms with Crippen molar-refractivity contribution in [1.82, 2.24) is 30.6 Å². The van der Waals surface area contributed by atoms with Gasteiger partial charge in [-0.3, -0.25) is 0 Å². The van der Waals surface area contributed by atoms with E-state index in [1.54, 1.807) is 0 Å². The number of anilines is 1. The van der Waals surface area contributed by atoms with Crippen molar-refractivity contribution in [3.63, 3.8) is 0 Å². The molecule has 9 rings (SSSR count). The molecule has 4 unspecified atom stereocenters. The summed E-state index contributed by atoms with van der Waals surface area (Å²) in [6.07, 6.45) is 11.1. The second-order valence-corrected chi connectivity index (χ2v) is 12.6. The third kappa shape index (κ3) is 4.17. The van der Waals surface area contributed by atoms with Gasteiger partial charge in [-0.1, -0.05) is 54.6 Å². The summed E-state index contributed by atoms with van der Waals surface area (Å²) in [4.78, 5) is 19.5. The highest BCUT2D eigenvalue weighted by atomic mass is 15.2. The molecule has 4 aliphatic heterocycles. The van der Waals surface area contributed by atoms with Gasteiger partial charge in [0, 0.05) is 11.3 Å². The summed E-state index contributed by atoms with van der Waals surface area (Å²) in [5, 5.41) is 7.14. The fraction of sp³-hybridized carbons (Fsp3) is 0.333. The molecular weight excluding hydrogens is 530 g/mol. The Morgan fingerprint density at radius 1 is 0.581 bits per heavy atom. The third-order valence-electron chi connectivity index (χ3n) is 10.2. The molecular formula is C36H37N7. The first kappa shape index (κ1) is 25.3. The molecule has 2 aromatic heterocycles. The van der Waals surface area contributed by atoms with Crippen molar-refractivity contribution in [3.8, 4) is 33.6 Å². The minimum Gasteiger partial charge on any atom is -0.357 e. The van der Waals surface area contributed by atoms with E-state index in [2.05, 4.69) is 98.4 Å². The van der Waals surface area contributed by atoms with Crippen LogP contribution in [0.2, 0.25) is 0 Å². The molecule has 4 aliphatic rings. The van der Waals surface area contributed by atoms with Crippen molar-refractivity contribution in [3.05, 3.63) is 102 Å². The van der Waals surface area contributed by atoms with Crippen LogP contribution < -0.4 is 15.5 Å². The van der Waals surface area contributed by atoms with Crippen LogP contribution in [0.1, 0.15) is 85.5 Å². The molecule has 0 radical (unpaired) electrons. The SMILES string of the molecule is c1ccc(N2C3CCC2c2c(-c4cnc(C5CCCN5)[nH]4)ccc(-c4ccc(-c5cnc(C6CCCN6)[nH]5)cc4)c23)cc1. The van der Waals surface area contributed by atoms with E-state index in [9.17, 15) is 0 Å². The maximum absolute atomic E-state index is 4.84. The number of aromatic amines is 2. The third-order valence-corrected chi connectivity index (χ3v) is 10.2. The van der Waals surface area contributed by atoms with Gasteiger partial charge in [-0.15, -0.1) is 0 Å². The Morgan fingerprint density at radius 2 is 1.16 bits per heavy atom. The molecule has 0 aliphatic carbocycles. The van der Waals surface area contributed by atoms with Crippen LogP contribution in [0.4, 0.5) is 5.69 Å². The summed E-state index contributed by atoms with van der Waals surface area (Å²) < 4.78 is 0. The minimum atomic E-state index is 0.331. The van der Waals surface area contributed by atoms with E-state index in [4.69, 9.17) is 9.97 Å². The number of nitrogens with zero attached hydrogens (tertiary/aromatic N) is 3. The van der Waals surface area contributed by atoms with Crippen LogP contribution in [0.25, 0.3) is 33.6 Å². The van der Waals surface area contributed by atoms with E-state index in [0.29, 0.717) is 24.2 Å². The zero-order valence-electron chi connectivity index (χ0n) is 24.3. The number of rotatable bonds is 6. The van der Waals surface area contributed by atoms with Crippen LogP contribution in [-0.4, -0.2) is 33.0 Å².